The Morgan fingerprint density at radius 3 is 2.63 bits per heavy atom. The molecule has 6 atom stereocenters. The molecule has 1 aliphatic carbocycles. The van der Waals surface area contributed by atoms with Crippen molar-refractivity contribution in [3.63, 3.8) is 0 Å². The molecular formula is C28H30N2O5. The number of nitrogens with one attached hydrogen (secondary N) is 1. The SMILES string of the molecule is COC(=O)[C@@H]1[C@@H]2[C@@H](CC[C@@H]1O)CN1CCc3c([nH]c4ccccc34)[C@@H]1[C@@H]2OC(=O)c1ccccc1. The predicted molar refractivity (Wildman–Crippen MR) is 130 cm³/mol. The Hall–Kier alpha value is -3.16. The van der Waals surface area contributed by atoms with Crippen molar-refractivity contribution in [2.24, 2.45) is 17.8 Å². The van der Waals surface area contributed by atoms with E-state index in [2.05, 4.69) is 22.0 Å². The molecule has 3 aliphatic rings. The average Bonchev–Trinajstić information content (AvgIpc) is 3.27. The molecule has 182 valence electrons. The van der Waals surface area contributed by atoms with E-state index < -0.39 is 30.1 Å². The number of aromatic nitrogens is 1. The van der Waals surface area contributed by atoms with E-state index in [1.165, 1.54) is 18.1 Å². The van der Waals surface area contributed by atoms with E-state index in [9.17, 15) is 14.7 Å². The van der Waals surface area contributed by atoms with Crippen LogP contribution in [0.1, 0.15) is 40.5 Å². The molecule has 0 radical (unpaired) electrons. The molecule has 3 heterocycles. The van der Waals surface area contributed by atoms with Crippen LogP contribution in [0.15, 0.2) is 54.6 Å². The second kappa shape index (κ2) is 8.81. The first-order valence-electron chi connectivity index (χ1n) is 12.4. The lowest BCUT2D eigenvalue weighted by Crippen LogP contribution is -2.61. The summed E-state index contributed by atoms with van der Waals surface area (Å²) in [7, 11) is 1.36. The Balaban J connectivity index is 1.47. The molecule has 2 N–H and O–H groups in total. The molecule has 3 aromatic rings. The summed E-state index contributed by atoms with van der Waals surface area (Å²) in [5, 5.41) is 12.1. The minimum Gasteiger partial charge on any atom is -0.469 e. The standard InChI is InChI=1S/C28H30N2O5/c1-34-28(33)23-21(31)12-11-17-15-30-14-13-19-18-9-5-6-10-20(18)29-24(19)25(30)26(22(17)23)35-27(32)16-7-3-2-4-8-16/h2-10,17,21-23,25-26,29,31H,11-15H2,1H3/t17-,21-,22-,23-,25+,26+/m0/s1. The van der Waals surface area contributed by atoms with Gasteiger partial charge in [0.15, 0.2) is 0 Å². The summed E-state index contributed by atoms with van der Waals surface area (Å²) in [6, 6.07) is 17.0. The number of aliphatic hydroxyl groups is 1. The molecule has 2 aromatic carbocycles. The quantitative estimate of drug-likeness (QED) is 0.565. The maximum atomic E-state index is 13.3. The van der Waals surface area contributed by atoms with Gasteiger partial charge in [-0.05, 0) is 48.9 Å². The number of nitrogens with zero attached hydrogens (tertiary/aromatic N) is 1. The molecule has 7 heteroatoms. The molecule has 1 aromatic heterocycles. The van der Waals surface area contributed by atoms with E-state index in [4.69, 9.17) is 9.47 Å². The smallest absolute Gasteiger partial charge is 0.338 e. The largest absolute Gasteiger partial charge is 0.469 e. The molecule has 1 saturated heterocycles. The molecule has 0 spiro atoms. The fourth-order valence-corrected chi connectivity index (χ4v) is 6.76. The van der Waals surface area contributed by atoms with Crippen LogP contribution >= 0.6 is 0 Å². The first-order valence-corrected chi connectivity index (χ1v) is 12.4. The van der Waals surface area contributed by atoms with Gasteiger partial charge < -0.3 is 19.6 Å². The molecule has 0 amide bonds. The second-order valence-corrected chi connectivity index (χ2v) is 10.0. The average molecular weight is 475 g/mol. The highest BCUT2D eigenvalue weighted by atomic mass is 16.5. The number of piperidine rings is 1. The maximum absolute atomic E-state index is 13.3. The van der Waals surface area contributed by atoms with Crippen LogP contribution < -0.4 is 0 Å². The molecule has 2 fully saturated rings. The lowest BCUT2D eigenvalue weighted by molar-refractivity contribution is -0.173. The highest BCUT2D eigenvalue weighted by molar-refractivity contribution is 5.89. The lowest BCUT2D eigenvalue weighted by Gasteiger charge is -2.54. The Labute approximate surface area is 204 Å². The van der Waals surface area contributed by atoms with E-state index in [-0.39, 0.29) is 17.9 Å². The van der Waals surface area contributed by atoms with Crippen molar-refractivity contribution >= 4 is 22.8 Å². The van der Waals surface area contributed by atoms with Crippen LogP contribution in [0.4, 0.5) is 0 Å². The molecule has 7 nitrogen and oxygen atoms in total. The van der Waals surface area contributed by atoms with Gasteiger partial charge in [-0.2, -0.15) is 0 Å². The number of carbonyl (C=O) groups excluding carboxylic acids is 2. The van der Waals surface area contributed by atoms with Crippen molar-refractivity contribution < 1.29 is 24.2 Å². The van der Waals surface area contributed by atoms with Gasteiger partial charge in [0.1, 0.15) is 6.10 Å². The van der Waals surface area contributed by atoms with Gasteiger partial charge in [-0.1, -0.05) is 36.4 Å². The zero-order valence-electron chi connectivity index (χ0n) is 19.7. The topological polar surface area (TPSA) is 91.9 Å². The summed E-state index contributed by atoms with van der Waals surface area (Å²) >= 11 is 0. The van der Waals surface area contributed by atoms with E-state index in [0.717, 1.165) is 37.1 Å². The van der Waals surface area contributed by atoms with Crippen LogP contribution in [-0.2, 0) is 20.7 Å². The number of para-hydroxylation sites is 1. The fourth-order valence-electron chi connectivity index (χ4n) is 6.76. The Kier molecular flexibility index (Phi) is 5.61. The third kappa shape index (κ3) is 3.65. The number of aromatic amines is 1. The number of methoxy groups -OCH3 is 1. The molecule has 2 aliphatic heterocycles. The second-order valence-electron chi connectivity index (χ2n) is 10.0. The van der Waals surface area contributed by atoms with Crippen LogP contribution in [0.2, 0.25) is 0 Å². The van der Waals surface area contributed by atoms with E-state index in [1.54, 1.807) is 12.1 Å². The van der Waals surface area contributed by atoms with Crippen molar-refractivity contribution in [2.75, 3.05) is 20.2 Å². The van der Waals surface area contributed by atoms with Crippen LogP contribution in [0.3, 0.4) is 0 Å². The number of carbonyl (C=O) groups is 2. The normalized spacial score (nSPS) is 30.1. The van der Waals surface area contributed by atoms with Crippen LogP contribution in [-0.4, -0.2) is 59.3 Å². The van der Waals surface area contributed by atoms with Gasteiger partial charge in [-0.3, -0.25) is 9.69 Å². The molecule has 0 unspecified atom stereocenters. The number of ether oxygens (including phenoxy) is 2. The van der Waals surface area contributed by atoms with Crippen molar-refractivity contribution in [2.45, 2.75) is 37.5 Å². The molecule has 0 bridgehead atoms. The van der Waals surface area contributed by atoms with Gasteiger partial charge in [-0.25, -0.2) is 4.79 Å². The van der Waals surface area contributed by atoms with Gasteiger partial charge in [0.2, 0.25) is 0 Å². The van der Waals surface area contributed by atoms with Gasteiger partial charge in [0.25, 0.3) is 0 Å². The third-order valence-electron chi connectivity index (χ3n) is 8.28. The van der Waals surface area contributed by atoms with Crippen LogP contribution in [0.5, 0.6) is 0 Å². The zero-order chi connectivity index (χ0) is 24.1. The molecule has 35 heavy (non-hydrogen) atoms. The maximum Gasteiger partial charge on any atom is 0.338 e. The number of H-pyrrole nitrogens is 1. The number of hydrogen-bond acceptors (Lipinski definition) is 6. The third-order valence-corrected chi connectivity index (χ3v) is 8.28. The Bertz CT molecular complexity index is 1250. The van der Waals surface area contributed by atoms with Gasteiger partial charge >= 0.3 is 11.9 Å². The summed E-state index contributed by atoms with van der Waals surface area (Å²) in [6.07, 6.45) is 0.805. The number of rotatable bonds is 3. The lowest BCUT2D eigenvalue weighted by atomic mass is 9.63. The highest BCUT2D eigenvalue weighted by Crippen LogP contribution is 2.50. The summed E-state index contributed by atoms with van der Waals surface area (Å²) in [6.45, 7) is 1.65. The summed E-state index contributed by atoms with van der Waals surface area (Å²) < 4.78 is 11.5. The molecular weight excluding hydrogens is 444 g/mol. The van der Waals surface area contributed by atoms with E-state index in [0.29, 0.717) is 12.0 Å². The monoisotopic (exact) mass is 474 g/mol. The minimum absolute atomic E-state index is 0.123. The number of esters is 2. The van der Waals surface area contributed by atoms with Crippen molar-refractivity contribution in [1.82, 2.24) is 9.88 Å². The molecule has 1 saturated carbocycles. The first-order chi connectivity index (χ1) is 17.1. The number of fused-ring (bicyclic) bond motifs is 6. The predicted octanol–water partition coefficient (Wildman–Crippen LogP) is 3.48. The van der Waals surface area contributed by atoms with Crippen molar-refractivity contribution in [3.8, 4) is 0 Å². The van der Waals surface area contributed by atoms with Crippen LogP contribution in [0.25, 0.3) is 10.9 Å². The summed E-state index contributed by atoms with van der Waals surface area (Å²) in [4.78, 5) is 32.3. The summed E-state index contributed by atoms with van der Waals surface area (Å²) in [5.41, 5.74) is 3.82. The Morgan fingerprint density at radius 1 is 1.06 bits per heavy atom. The van der Waals surface area contributed by atoms with Gasteiger partial charge in [0.05, 0.1) is 30.7 Å². The highest BCUT2D eigenvalue weighted by Gasteiger charge is 2.56. The molecule has 6 rings (SSSR count). The van der Waals surface area contributed by atoms with Crippen molar-refractivity contribution in [3.05, 3.63) is 71.4 Å². The summed E-state index contributed by atoms with van der Waals surface area (Å²) in [5.74, 6) is -1.79. The Morgan fingerprint density at radius 2 is 1.83 bits per heavy atom. The first kappa shape index (κ1) is 22.3. The van der Waals surface area contributed by atoms with E-state index in [1.807, 2.05) is 30.3 Å². The fraction of sp³-hybridized carbons (Fsp3) is 0.429. The van der Waals surface area contributed by atoms with Gasteiger partial charge in [-0.15, -0.1) is 0 Å². The minimum atomic E-state index is -0.820. The van der Waals surface area contributed by atoms with Gasteiger partial charge in [0, 0.05) is 35.6 Å². The van der Waals surface area contributed by atoms with Crippen LogP contribution in [0, 0.1) is 17.8 Å². The number of hydrogen-bond donors (Lipinski definition) is 2. The van der Waals surface area contributed by atoms with Crippen molar-refractivity contribution in [1.29, 1.82) is 0 Å². The number of aliphatic hydroxyl groups excluding tert-OH is 1. The van der Waals surface area contributed by atoms with E-state index >= 15 is 0 Å². The number of benzene rings is 2. The zero-order valence-corrected chi connectivity index (χ0v) is 19.7.